The van der Waals surface area contributed by atoms with E-state index >= 15 is 0 Å². The molecule has 0 aliphatic heterocycles. The van der Waals surface area contributed by atoms with Crippen LogP contribution < -0.4 is 11.1 Å². The van der Waals surface area contributed by atoms with Crippen molar-refractivity contribution < 1.29 is 4.79 Å². The van der Waals surface area contributed by atoms with E-state index in [9.17, 15) is 4.79 Å². The van der Waals surface area contributed by atoms with Crippen LogP contribution in [0.2, 0.25) is 0 Å². The second-order valence-electron chi connectivity index (χ2n) is 4.76. The van der Waals surface area contributed by atoms with Crippen LogP contribution in [0.5, 0.6) is 0 Å². The van der Waals surface area contributed by atoms with Crippen LogP contribution in [-0.4, -0.2) is 18.5 Å². The number of aryl methyl sites for hydroxylation is 1. The van der Waals surface area contributed by atoms with Gasteiger partial charge in [-0.2, -0.15) is 0 Å². The summed E-state index contributed by atoms with van der Waals surface area (Å²) < 4.78 is 0. The standard InChI is InChI=1S/C14H22N2O/c1-10(2)13(9-15)16-14(17)8-12-7-5-4-6-11(12)3/h4-7,10,13H,8-9,15H2,1-3H3,(H,16,17). The Kier molecular flexibility index (Phi) is 5.16. The first-order chi connectivity index (χ1) is 8.04. The maximum Gasteiger partial charge on any atom is 0.224 e. The number of carbonyl (C=O) groups excluding carboxylic acids is 1. The number of carbonyl (C=O) groups is 1. The van der Waals surface area contributed by atoms with Crippen LogP contribution in [0.15, 0.2) is 24.3 Å². The van der Waals surface area contributed by atoms with Gasteiger partial charge in [-0.25, -0.2) is 0 Å². The zero-order chi connectivity index (χ0) is 12.8. The molecule has 0 saturated carbocycles. The Hall–Kier alpha value is -1.35. The van der Waals surface area contributed by atoms with Crippen molar-refractivity contribution in [3.05, 3.63) is 35.4 Å². The van der Waals surface area contributed by atoms with Gasteiger partial charge in [-0.15, -0.1) is 0 Å². The summed E-state index contributed by atoms with van der Waals surface area (Å²) in [5.41, 5.74) is 7.85. The van der Waals surface area contributed by atoms with Gasteiger partial charge in [0.2, 0.25) is 5.91 Å². The predicted octanol–water partition coefficient (Wildman–Crippen LogP) is 1.64. The van der Waals surface area contributed by atoms with E-state index in [1.807, 2.05) is 31.2 Å². The van der Waals surface area contributed by atoms with Crippen LogP contribution in [0.3, 0.4) is 0 Å². The van der Waals surface area contributed by atoms with Crippen molar-refractivity contribution in [2.75, 3.05) is 6.54 Å². The van der Waals surface area contributed by atoms with Crippen molar-refractivity contribution in [2.24, 2.45) is 11.7 Å². The van der Waals surface area contributed by atoms with Crippen LogP contribution in [0.1, 0.15) is 25.0 Å². The number of nitrogens with one attached hydrogen (secondary N) is 1. The highest BCUT2D eigenvalue weighted by atomic mass is 16.1. The van der Waals surface area contributed by atoms with Crippen molar-refractivity contribution in [3.63, 3.8) is 0 Å². The summed E-state index contributed by atoms with van der Waals surface area (Å²) in [6.45, 7) is 6.62. The molecular weight excluding hydrogens is 212 g/mol. The summed E-state index contributed by atoms with van der Waals surface area (Å²) in [4.78, 5) is 11.9. The summed E-state index contributed by atoms with van der Waals surface area (Å²) in [7, 11) is 0. The first-order valence-corrected chi connectivity index (χ1v) is 6.08. The molecule has 0 radical (unpaired) electrons. The SMILES string of the molecule is Cc1ccccc1CC(=O)NC(CN)C(C)C. The van der Waals surface area contributed by atoms with Crippen LogP contribution in [0.4, 0.5) is 0 Å². The van der Waals surface area contributed by atoms with E-state index in [0.29, 0.717) is 18.9 Å². The highest BCUT2D eigenvalue weighted by Gasteiger charge is 2.14. The first-order valence-electron chi connectivity index (χ1n) is 6.08. The first kappa shape index (κ1) is 13.7. The molecule has 94 valence electrons. The third-order valence-corrected chi connectivity index (χ3v) is 3.02. The lowest BCUT2D eigenvalue weighted by Gasteiger charge is -2.20. The second-order valence-corrected chi connectivity index (χ2v) is 4.76. The normalized spacial score (nSPS) is 12.5. The number of rotatable bonds is 5. The molecule has 0 saturated heterocycles. The molecule has 17 heavy (non-hydrogen) atoms. The molecule has 3 heteroatoms. The van der Waals surface area contributed by atoms with E-state index < -0.39 is 0 Å². The Morgan fingerprint density at radius 3 is 2.53 bits per heavy atom. The Morgan fingerprint density at radius 2 is 2.00 bits per heavy atom. The van der Waals surface area contributed by atoms with E-state index in [1.54, 1.807) is 0 Å². The highest BCUT2D eigenvalue weighted by molar-refractivity contribution is 5.79. The molecule has 1 rings (SSSR count). The minimum Gasteiger partial charge on any atom is -0.352 e. The number of benzene rings is 1. The van der Waals surface area contributed by atoms with Gasteiger partial charge in [0.15, 0.2) is 0 Å². The van der Waals surface area contributed by atoms with E-state index in [1.165, 1.54) is 0 Å². The van der Waals surface area contributed by atoms with Crippen LogP contribution >= 0.6 is 0 Å². The fourth-order valence-electron chi connectivity index (χ4n) is 1.74. The average Bonchev–Trinajstić information content (AvgIpc) is 2.28. The van der Waals surface area contributed by atoms with E-state index in [0.717, 1.165) is 11.1 Å². The number of hydrogen-bond donors (Lipinski definition) is 2. The smallest absolute Gasteiger partial charge is 0.224 e. The van der Waals surface area contributed by atoms with Crippen molar-refractivity contribution in [2.45, 2.75) is 33.2 Å². The lowest BCUT2D eigenvalue weighted by atomic mass is 10.0. The van der Waals surface area contributed by atoms with Crippen LogP contribution in [-0.2, 0) is 11.2 Å². The molecule has 3 nitrogen and oxygen atoms in total. The lowest BCUT2D eigenvalue weighted by molar-refractivity contribution is -0.121. The fourth-order valence-corrected chi connectivity index (χ4v) is 1.74. The summed E-state index contributed by atoms with van der Waals surface area (Å²) in [5, 5.41) is 2.98. The summed E-state index contributed by atoms with van der Waals surface area (Å²) in [6.07, 6.45) is 0.426. The summed E-state index contributed by atoms with van der Waals surface area (Å²) in [6, 6.07) is 8.01. The van der Waals surface area contributed by atoms with Crippen LogP contribution in [0, 0.1) is 12.8 Å². The Labute approximate surface area is 103 Å². The molecular formula is C14H22N2O. The molecule has 0 spiro atoms. The zero-order valence-electron chi connectivity index (χ0n) is 10.9. The van der Waals surface area contributed by atoms with Crippen molar-refractivity contribution in [3.8, 4) is 0 Å². The molecule has 0 aliphatic rings. The molecule has 0 heterocycles. The number of nitrogens with two attached hydrogens (primary N) is 1. The van der Waals surface area contributed by atoms with Crippen molar-refractivity contribution in [1.82, 2.24) is 5.32 Å². The maximum absolute atomic E-state index is 11.9. The summed E-state index contributed by atoms with van der Waals surface area (Å²) in [5.74, 6) is 0.407. The molecule has 3 N–H and O–H groups in total. The van der Waals surface area contributed by atoms with E-state index in [4.69, 9.17) is 5.73 Å². The van der Waals surface area contributed by atoms with Crippen molar-refractivity contribution >= 4 is 5.91 Å². The molecule has 1 unspecified atom stereocenters. The fraction of sp³-hybridized carbons (Fsp3) is 0.500. The molecule has 1 atom stereocenters. The largest absolute Gasteiger partial charge is 0.352 e. The van der Waals surface area contributed by atoms with Gasteiger partial charge in [0.05, 0.1) is 6.42 Å². The lowest BCUT2D eigenvalue weighted by Crippen LogP contribution is -2.44. The third kappa shape index (κ3) is 4.19. The molecule has 0 aromatic heterocycles. The van der Waals surface area contributed by atoms with Gasteiger partial charge in [-0.05, 0) is 24.0 Å². The molecule has 0 fully saturated rings. The Balaban J connectivity index is 2.58. The predicted molar refractivity (Wildman–Crippen MR) is 70.7 cm³/mol. The number of hydrogen-bond acceptors (Lipinski definition) is 2. The van der Waals surface area contributed by atoms with E-state index in [-0.39, 0.29) is 11.9 Å². The maximum atomic E-state index is 11.9. The minimum absolute atomic E-state index is 0.0449. The van der Waals surface area contributed by atoms with Gasteiger partial charge in [-0.1, -0.05) is 38.1 Å². The van der Waals surface area contributed by atoms with Gasteiger partial charge in [0, 0.05) is 12.6 Å². The topological polar surface area (TPSA) is 55.1 Å². The quantitative estimate of drug-likeness (QED) is 0.813. The monoisotopic (exact) mass is 234 g/mol. The average molecular weight is 234 g/mol. The molecule has 0 aliphatic carbocycles. The minimum atomic E-state index is 0.0449. The second kappa shape index (κ2) is 6.40. The van der Waals surface area contributed by atoms with Gasteiger partial charge < -0.3 is 11.1 Å². The molecule has 1 amide bonds. The Bertz CT molecular complexity index is 374. The van der Waals surface area contributed by atoms with Crippen LogP contribution in [0.25, 0.3) is 0 Å². The molecule has 1 aromatic carbocycles. The van der Waals surface area contributed by atoms with Gasteiger partial charge in [0.25, 0.3) is 0 Å². The zero-order valence-corrected chi connectivity index (χ0v) is 10.9. The molecule has 1 aromatic rings. The van der Waals surface area contributed by atoms with E-state index in [2.05, 4.69) is 19.2 Å². The van der Waals surface area contributed by atoms with Gasteiger partial charge in [0.1, 0.15) is 0 Å². The Morgan fingerprint density at radius 1 is 1.35 bits per heavy atom. The van der Waals surface area contributed by atoms with Gasteiger partial charge >= 0.3 is 0 Å². The number of amides is 1. The highest BCUT2D eigenvalue weighted by Crippen LogP contribution is 2.08. The summed E-state index contributed by atoms with van der Waals surface area (Å²) >= 11 is 0. The molecule has 0 bridgehead atoms. The third-order valence-electron chi connectivity index (χ3n) is 3.02. The van der Waals surface area contributed by atoms with Gasteiger partial charge in [-0.3, -0.25) is 4.79 Å². The van der Waals surface area contributed by atoms with Crippen molar-refractivity contribution in [1.29, 1.82) is 0 Å².